The Bertz CT molecular complexity index is 1440. The van der Waals surface area contributed by atoms with Crippen LogP contribution >= 0.6 is 34.9 Å². The quantitative estimate of drug-likeness (QED) is 0.0563. The van der Waals surface area contributed by atoms with Crippen molar-refractivity contribution in [1.82, 2.24) is 35.4 Å². The molecule has 0 saturated carbocycles. The van der Waals surface area contributed by atoms with E-state index in [2.05, 4.69) is 36.3 Å². The number of amides is 3. The Morgan fingerprint density at radius 1 is 1.37 bits per heavy atom. The minimum absolute atomic E-state index is 0.146. The second-order valence-corrected chi connectivity index (χ2v) is 11.6. The highest BCUT2D eigenvalue weighted by molar-refractivity contribution is 8.01. The first-order chi connectivity index (χ1) is 19.9. The van der Waals surface area contributed by atoms with Gasteiger partial charge in [0, 0.05) is 16.9 Å². The van der Waals surface area contributed by atoms with Crippen LogP contribution in [0.15, 0.2) is 39.1 Å². The summed E-state index contributed by atoms with van der Waals surface area (Å²) in [6, 6.07) is -1.00. The predicted molar refractivity (Wildman–Crippen MR) is 147 cm³/mol. The van der Waals surface area contributed by atoms with Crippen LogP contribution in [0.2, 0.25) is 0 Å². The lowest BCUT2D eigenvalue weighted by Crippen LogP contribution is -2.71. The lowest BCUT2D eigenvalue weighted by Gasteiger charge is -2.49. The molecule has 1 saturated heterocycles. The number of β-lactam (4-membered cyclic amide) rings is 1. The highest BCUT2D eigenvalue weighted by atomic mass is 32.2. The number of carbonyl (C=O) groups excluding carboxylic acids is 3. The second kappa shape index (κ2) is 12.8. The maximum absolute atomic E-state index is 13.3. The fraction of sp³-hybridized carbons (Fsp3) is 0.409. The Kier molecular flexibility index (Phi) is 8.96. The van der Waals surface area contributed by atoms with E-state index in [4.69, 9.17) is 9.94 Å². The molecule has 5 rings (SSSR count). The molecule has 216 valence electrons. The summed E-state index contributed by atoms with van der Waals surface area (Å²) < 4.78 is 1.40. The van der Waals surface area contributed by atoms with E-state index in [1.54, 1.807) is 0 Å². The van der Waals surface area contributed by atoms with Crippen molar-refractivity contribution < 1.29 is 34.2 Å². The van der Waals surface area contributed by atoms with E-state index in [9.17, 15) is 24.3 Å². The normalized spacial score (nSPS) is 21.9. The molecule has 3 amide bonds. The van der Waals surface area contributed by atoms with Crippen molar-refractivity contribution in [3.8, 4) is 0 Å². The van der Waals surface area contributed by atoms with E-state index in [1.807, 2.05) is 12.2 Å². The Balaban J connectivity index is 1.30. The van der Waals surface area contributed by atoms with Crippen LogP contribution in [0.5, 0.6) is 0 Å². The number of tetrazole rings is 1. The van der Waals surface area contributed by atoms with E-state index in [0.717, 1.165) is 17.8 Å². The fourth-order valence-electron chi connectivity index (χ4n) is 4.21. The third kappa shape index (κ3) is 6.11. The van der Waals surface area contributed by atoms with Crippen LogP contribution in [0.3, 0.4) is 0 Å². The molecule has 2 aliphatic heterocycles. The minimum Gasteiger partial charge on any atom is -0.477 e. The van der Waals surface area contributed by atoms with E-state index >= 15 is 0 Å². The Morgan fingerprint density at radius 3 is 2.95 bits per heavy atom. The Labute approximate surface area is 244 Å². The van der Waals surface area contributed by atoms with Gasteiger partial charge in [0.2, 0.25) is 11.6 Å². The molecule has 41 heavy (non-hydrogen) atoms. The van der Waals surface area contributed by atoms with Crippen LogP contribution in [0.1, 0.15) is 18.5 Å². The number of aliphatic hydroxyl groups excluding tert-OH is 1. The number of rotatable bonds is 13. The van der Waals surface area contributed by atoms with Crippen LogP contribution in [0.25, 0.3) is 0 Å². The Morgan fingerprint density at radius 2 is 2.22 bits per heavy atom. The highest BCUT2D eigenvalue weighted by Gasteiger charge is 2.54. The number of aromatic nitrogens is 5. The summed E-state index contributed by atoms with van der Waals surface area (Å²) in [6.45, 7) is 0.0243. The lowest BCUT2D eigenvalue weighted by atomic mass is 10.0. The average molecular weight is 622 g/mol. The fourth-order valence-corrected chi connectivity index (χ4v) is 7.25. The number of allylic oxidation sites excluding steroid dienone is 1. The number of hydrogen-bond donors (Lipinski definition) is 4. The number of aliphatic hydroxyl groups is 1. The molecule has 0 aromatic carbocycles. The molecule has 2 unspecified atom stereocenters. The number of nitrogens with zero attached hydrogens (tertiary/aromatic N) is 7. The molecule has 2 aromatic heterocycles. The van der Waals surface area contributed by atoms with Crippen molar-refractivity contribution in [3.05, 3.63) is 34.5 Å². The zero-order valence-electron chi connectivity index (χ0n) is 21.1. The van der Waals surface area contributed by atoms with Crippen molar-refractivity contribution in [1.29, 1.82) is 0 Å². The molecule has 0 spiro atoms. The summed E-state index contributed by atoms with van der Waals surface area (Å²) in [5.41, 5.74) is 0.317. The zero-order chi connectivity index (χ0) is 28.9. The van der Waals surface area contributed by atoms with Crippen molar-refractivity contribution in [2.24, 2.45) is 5.16 Å². The maximum Gasteiger partial charge on any atom is 0.352 e. The van der Waals surface area contributed by atoms with Crippen molar-refractivity contribution in [2.45, 2.75) is 42.1 Å². The van der Waals surface area contributed by atoms with Gasteiger partial charge < -0.3 is 25.7 Å². The van der Waals surface area contributed by atoms with Gasteiger partial charge in [-0.05, 0) is 34.9 Å². The number of carboxylic acid groups (broad SMARTS) is 1. The number of carboxylic acids is 1. The number of aliphatic carboxylic acids is 1. The molecular weight excluding hydrogens is 598 g/mol. The molecule has 0 radical (unpaired) electrons. The first-order valence-corrected chi connectivity index (χ1v) is 15.1. The molecule has 0 bridgehead atoms. The maximum atomic E-state index is 13.3. The summed E-state index contributed by atoms with van der Waals surface area (Å²) in [5.74, 6) is -2.08. The van der Waals surface area contributed by atoms with Gasteiger partial charge in [-0.25, -0.2) is 14.5 Å². The SMILES string of the molecule is O=CNc1nc(/C(=N/OC2C=CCC2)C(=O)NC2C(=O)N3C(C(=O)O)=C(CSc4nnnn4CCO)CS[C@H]23)cs1. The molecule has 1 aliphatic carbocycles. The van der Waals surface area contributed by atoms with E-state index < -0.39 is 29.2 Å². The van der Waals surface area contributed by atoms with Crippen LogP contribution in [0.4, 0.5) is 5.13 Å². The molecule has 2 aromatic rings. The first-order valence-electron chi connectivity index (χ1n) is 12.2. The van der Waals surface area contributed by atoms with Crippen molar-refractivity contribution in [2.75, 3.05) is 23.4 Å². The topological polar surface area (TPSA) is 214 Å². The molecule has 3 aliphatic rings. The van der Waals surface area contributed by atoms with Gasteiger partial charge in [0.15, 0.2) is 10.8 Å². The number of anilines is 1. The molecule has 1 fully saturated rings. The molecular formula is C22H23N9O7S3. The number of nitrogens with one attached hydrogen (secondary N) is 2. The summed E-state index contributed by atoms with van der Waals surface area (Å²) in [5, 5.41) is 41.0. The summed E-state index contributed by atoms with van der Waals surface area (Å²) >= 11 is 3.59. The van der Waals surface area contributed by atoms with Gasteiger partial charge >= 0.3 is 5.97 Å². The van der Waals surface area contributed by atoms with Gasteiger partial charge in [0.1, 0.15) is 28.9 Å². The lowest BCUT2D eigenvalue weighted by molar-refractivity contribution is -0.150. The smallest absolute Gasteiger partial charge is 0.352 e. The zero-order valence-corrected chi connectivity index (χ0v) is 23.5. The van der Waals surface area contributed by atoms with Crippen molar-refractivity contribution in [3.63, 3.8) is 0 Å². The third-order valence-electron chi connectivity index (χ3n) is 6.12. The molecule has 19 heteroatoms. The standard InChI is InChI=1S/C22H23N9O7S3/c32-6-5-30-22(26-28-29-30)41-8-11-7-39-19-15(18(35)31(19)16(11)20(36)37)25-17(34)14(27-38-12-3-1-2-4-12)13-9-40-21(24-13)23-10-33/h1,3,9-10,12,15,19,32H,2,4-8H2,(H,25,34)(H,36,37)(H,23,24,33)/b27-14-/t12?,15?,19-/m1/s1. The van der Waals surface area contributed by atoms with Gasteiger partial charge in [-0.1, -0.05) is 23.0 Å². The van der Waals surface area contributed by atoms with Gasteiger partial charge in [-0.15, -0.1) is 28.2 Å². The minimum atomic E-state index is -1.27. The average Bonchev–Trinajstić information content (AvgIpc) is 3.74. The van der Waals surface area contributed by atoms with Crippen LogP contribution in [0, 0.1) is 0 Å². The van der Waals surface area contributed by atoms with Gasteiger partial charge in [0.25, 0.3) is 11.8 Å². The number of carbonyl (C=O) groups is 4. The molecule has 4 N–H and O–H groups in total. The van der Waals surface area contributed by atoms with E-state index in [-0.39, 0.29) is 47.2 Å². The van der Waals surface area contributed by atoms with Crippen molar-refractivity contribution >= 4 is 69.9 Å². The number of fused-ring (bicyclic) bond motifs is 1. The molecule has 16 nitrogen and oxygen atoms in total. The van der Waals surface area contributed by atoms with Crippen LogP contribution < -0.4 is 10.6 Å². The highest BCUT2D eigenvalue weighted by Crippen LogP contribution is 2.41. The second-order valence-electron chi connectivity index (χ2n) is 8.70. The van der Waals surface area contributed by atoms with E-state index in [0.29, 0.717) is 29.3 Å². The number of thiazole rings is 1. The first kappa shape index (κ1) is 28.7. The molecule has 4 heterocycles. The summed E-state index contributed by atoms with van der Waals surface area (Å²) in [7, 11) is 0. The summed E-state index contributed by atoms with van der Waals surface area (Å²) in [6.07, 6.45) is 5.42. The van der Waals surface area contributed by atoms with E-state index in [1.165, 1.54) is 38.5 Å². The predicted octanol–water partition coefficient (Wildman–Crippen LogP) is -0.340. The third-order valence-corrected chi connectivity index (χ3v) is 9.27. The van der Waals surface area contributed by atoms with Gasteiger partial charge in [-0.3, -0.25) is 19.3 Å². The molecule has 3 atom stereocenters. The van der Waals surface area contributed by atoms with Gasteiger partial charge in [-0.2, -0.15) is 0 Å². The number of hydrogen-bond acceptors (Lipinski definition) is 14. The monoisotopic (exact) mass is 621 g/mol. The number of oxime groups is 1. The summed E-state index contributed by atoms with van der Waals surface area (Å²) in [4.78, 5) is 60.4. The van der Waals surface area contributed by atoms with Crippen LogP contribution in [-0.2, 0) is 30.6 Å². The largest absolute Gasteiger partial charge is 0.477 e. The van der Waals surface area contributed by atoms with Crippen LogP contribution in [-0.4, -0.2) is 106 Å². The van der Waals surface area contributed by atoms with Gasteiger partial charge in [0.05, 0.1) is 13.2 Å². The number of thioether (sulfide) groups is 2. The Hall–Kier alpha value is -3.81.